The van der Waals surface area contributed by atoms with Crippen LogP contribution in [0, 0.1) is 0 Å². The highest BCUT2D eigenvalue weighted by Gasteiger charge is 2.33. The fourth-order valence-electron chi connectivity index (χ4n) is 3.22. The summed E-state index contributed by atoms with van der Waals surface area (Å²) in [5, 5.41) is 41.5. The molecule has 0 aliphatic carbocycles. The summed E-state index contributed by atoms with van der Waals surface area (Å²) < 4.78 is -0.00288. The first-order chi connectivity index (χ1) is 13.3. The lowest BCUT2D eigenvalue weighted by Crippen LogP contribution is -2.53. The zero-order valence-electron chi connectivity index (χ0n) is 15.4. The van der Waals surface area contributed by atoms with Gasteiger partial charge in [-0.3, -0.25) is 4.79 Å². The van der Waals surface area contributed by atoms with Crippen molar-refractivity contribution in [3.63, 3.8) is 0 Å². The number of carboxylic acid groups (broad SMARTS) is 2. The maximum atomic E-state index is 11.7. The monoisotopic (exact) mass is 389 g/mol. The molecule has 2 rings (SSSR count). The molecule has 8 nitrogen and oxygen atoms in total. The number of quaternary nitrogens is 1. The Morgan fingerprint density at radius 3 is 1.75 bits per heavy atom. The number of rotatable bonds is 11. The van der Waals surface area contributed by atoms with E-state index in [0.717, 1.165) is 0 Å². The predicted molar refractivity (Wildman–Crippen MR) is 102 cm³/mol. The highest BCUT2D eigenvalue weighted by Crippen LogP contribution is 2.27. The molecular weight excluding hydrogens is 364 g/mol. The van der Waals surface area contributed by atoms with Crippen molar-refractivity contribution < 1.29 is 34.5 Å². The molecule has 0 unspecified atom stereocenters. The molecule has 0 saturated heterocycles. The third-order valence-electron chi connectivity index (χ3n) is 4.50. The Hall–Kier alpha value is -3.10. The number of para-hydroxylation sites is 2. The number of aliphatic carboxylic acids is 2. The summed E-state index contributed by atoms with van der Waals surface area (Å²) >= 11 is 0. The maximum absolute atomic E-state index is 11.7. The highest BCUT2D eigenvalue weighted by molar-refractivity contribution is 5.69. The number of phenols is 2. The molecule has 0 radical (unpaired) electrons. The molecule has 0 heterocycles. The van der Waals surface area contributed by atoms with Gasteiger partial charge < -0.3 is 30.2 Å². The van der Waals surface area contributed by atoms with Crippen LogP contribution in [0.3, 0.4) is 0 Å². The van der Waals surface area contributed by atoms with Gasteiger partial charge in [-0.15, -0.1) is 0 Å². The van der Waals surface area contributed by atoms with Crippen molar-refractivity contribution in [3.8, 4) is 11.5 Å². The molecule has 0 atom stereocenters. The lowest BCUT2D eigenvalue weighted by atomic mass is 10.1. The smallest absolute Gasteiger partial charge is 0.359 e. The van der Waals surface area contributed by atoms with E-state index in [-0.39, 0.29) is 48.7 Å². The summed E-state index contributed by atoms with van der Waals surface area (Å²) in [6.07, 6.45) is 0. The topological polar surface area (TPSA) is 127 Å². The van der Waals surface area contributed by atoms with Gasteiger partial charge in [0.15, 0.2) is 6.54 Å². The van der Waals surface area contributed by atoms with Crippen LogP contribution in [0.15, 0.2) is 48.5 Å². The first-order valence-electron chi connectivity index (χ1n) is 8.84. The molecule has 2 aromatic rings. The van der Waals surface area contributed by atoms with Gasteiger partial charge in [0.1, 0.15) is 24.6 Å². The lowest BCUT2D eigenvalue weighted by molar-refractivity contribution is -0.946. The largest absolute Gasteiger partial charge is 0.507 e. The van der Waals surface area contributed by atoms with Gasteiger partial charge in [-0.1, -0.05) is 24.3 Å². The average molecular weight is 389 g/mol. The fourth-order valence-corrected chi connectivity index (χ4v) is 3.22. The minimum Gasteiger partial charge on any atom is -0.507 e. The van der Waals surface area contributed by atoms with E-state index in [1.807, 2.05) is 0 Å². The van der Waals surface area contributed by atoms with Crippen LogP contribution >= 0.6 is 0 Å². The summed E-state index contributed by atoms with van der Waals surface area (Å²) in [6.45, 7) is 0.491. The van der Waals surface area contributed by atoms with E-state index in [4.69, 9.17) is 5.11 Å². The second-order valence-corrected chi connectivity index (χ2v) is 6.76. The number of phenolic OH excluding ortho intramolecular Hbond substituents is 2. The second kappa shape index (κ2) is 9.72. The first kappa shape index (κ1) is 21.2. The summed E-state index contributed by atoms with van der Waals surface area (Å²) in [7, 11) is 0. The number of benzene rings is 2. The van der Waals surface area contributed by atoms with E-state index in [9.17, 15) is 24.9 Å². The molecular formula is C20H25N2O6+. The molecule has 0 amide bonds. The Morgan fingerprint density at radius 1 is 0.821 bits per heavy atom. The number of hydrogen-bond acceptors (Lipinski definition) is 5. The van der Waals surface area contributed by atoms with Crippen LogP contribution in [0.1, 0.15) is 11.1 Å². The first-order valence-corrected chi connectivity index (χ1v) is 8.84. The normalized spacial score (nSPS) is 11.3. The van der Waals surface area contributed by atoms with Gasteiger partial charge in [-0.2, -0.15) is 0 Å². The Kier molecular flexibility index (Phi) is 7.36. The number of hydrogen-bond donors (Lipinski definition) is 5. The van der Waals surface area contributed by atoms with E-state index in [0.29, 0.717) is 17.7 Å². The van der Waals surface area contributed by atoms with Gasteiger partial charge in [0.05, 0.1) is 13.1 Å². The van der Waals surface area contributed by atoms with E-state index in [1.165, 1.54) is 12.1 Å². The molecule has 0 aromatic heterocycles. The Labute approximate surface area is 162 Å². The van der Waals surface area contributed by atoms with Crippen molar-refractivity contribution in [2.45, 2.75) is 13.1 Å². The van der Waals surface area contributed by atoms with Crippen molar-refractivity contribution in [2.24, 2.45) is 0 Å². The van der Waals surface area contributed by atoms with Gasteiger partial charge in [0.25, 0.3) is 0 Å². The standard InChI is InChI=1S/C20H24N2O6/c23-17-7-3-1-5-15(17)12-22(14-20(27)28,10-9-21-11-19(25)26)13-16-6-2-4-8-18(16)24/h1-8,21H,9-14H2,(H3-,23,24,25,26,27,28)/p+1. The van der Waals surface area contributed by atoms with Gasteiger partial charge >= 0.3 is 11.9 Å². The minimum atomic E-state index is -1.02. The fraction of sp³-hybridized carbons (Fsp3) is 0.300. The van der Waals surface area contributed by atoms with E-state index in [1.54, 1.807) is 36.4 Å². The number of aromatic hydroxyl groups is 2. The van der Waals surface area contributed by atoms with Crippen LogP contribution in [-0.4, -0.2) is 63.0 Å². The predicted octanol–water partition coefficient (Wildman–Crippen LogP) is 1.37. The summed E-state index contributed by atoms with van der Waals surface area (Å²) in [4.78, 5) is 22.4. The molecule has 0 spiro atoms. The summed E-state index contributed by atoms with van der Waals surface area (Å²) in [6, 6.07) is 13.4. The van der Waals surface area contributed by atoms with Crippen LogP contribution < -0.4 is 5.32 Å². The average Bonchev–Trinajstić information content (AvgIpc) is 2.62. The van der Waals surface area contributed by atoms with Crippen LogP contribution in [0.4, 0.5) is 0 Å². The van der Waals surface area contributed by atoms with Gasteiger partial charge in [-0.25, -0.2) is 4.79 Å². The van der Waals surface area contributed by atoms with Gasteiger partial charge in [0.2, 0.25) is 0 Å². The van der Waals surface area contributed by atoms with Crippen LogP contribution in [0.5, 0.6) is 11.5 Å². The number of nitrogens with zero attached hydrogens (tertiary/aromatic N) is 1. The number of carboxylic acids is 2. The Bertz CT molecular complexity index is 776. The third-order valence-corrected chi connectivity index (χ3v) is 4.50. The quantitative estimate of drug-likeness (QED) is 0.290. The van der Waals surface area contributed by atoms with E-state index >= 15 is 0 Å². The second-order valence-electron chi connectivity index (χ2n) is 6.76. The molecule has 0 fully saturated rings. The molecule has 0 bridgehead atoms. The molecule has 28 heavy (non-hydrogen) atoms. The lowest BCUT2D eigenvalue weighted by Gasteiger charge is -2.38. The molecule has 150 valence electrons. The molecule has 2 aromatic carbocycles. The van der Waals surface area contributed by atoms with Crippen molar-refractivity contribution >= 4 is 11.9 Å². The summed E-state index contributed by atoms with van der Waals surface area (Å²) in [5.41, 5.74) is 1.16. The zero-order valence-corrected chi connectivity index (χ0v) is 15.4. The van der Waals surface area contributed by atoms with Crippen LogP contribution in [-0.2, 0) is 22.7 Å². The van der Waals surface area contributed by atoms with Crippen molar-refractivity contribution in [2.75, 3.05) is 26.2 Å². The molecule has 8 heteroatoms. The van der Waals surface area contributed by atoms with Crippen molar-refractivity contribution in [1.82, 2.24) is 5.32 Å². The summed E-state index contributed by atoms with van der Waals surface area (Å²) in [5.74, 6) is -1.90. The molecule has 5 N–H and O–H groups in total. The Morgan fingerprint density at radius 2 is 1.32 bits per heavy atom. The van der Waals surface area contributed by atoms with Crippen molar-refractivity contribution in [3.05, 3.63) is 59.7 Å². The van der Waals surface area contributed by atoms with Gasteiger partial charge in [0, 0.05) is 17.7 Å². The zero-order chi connectivity index (χ0) is 20.6. The Balaban J connectivity index is 2.35. The SMILES string of the molecule is O=C(O)CNCC[N+](CC(=O)O)(Cc1ccccc1O)Cc1ccccc1O. The van der Waals surface area contributed by atoms with E-state index in [2.05, 4.69) is 5.32 Å². The maximum Gasteiger partial charge on any atom is 0.359 e. The van der Waals surface area contributed by atoms with Gasteiger partial charge in [-0.05, 0) is 24.3 Å². The molecule has 0 aliphatic heterocycles. The number of carbonyl (C=O) groups is 2. The highest BCUT2D eigenvalue weighted by atomic mass is 16.4. The van der Waals surface area contributed by atoms with Crippen LogP contribution in [0.25, 0.3) is 0 Å². The van der Waals surface area contributed by atoms with Crippen LogP contribution in [0.2, 0.25) is 0 Å². The minimum absolute atomic E-state index is 0.00288. The van der Waals surface area contributed by atoms with Crippen molar-refractivity contribution in [1.29, 1.82) is 0 Å². The molecule has 0 aliphatic rings. The number of nitrogens with one attached hydrogen (secondary N) is 1. The molecule has 0 saturated carbocycles. The van der Waals surface area contributed by atoms with E-state index < -0.39 is 11.9 Å². The third kappa shape index (κ3) is 6.26.